The second-order valence-electron chi connectivity index (χ2n) is 3.32. The molecule has 1 aromatic rings. The number of hydrogen-bond donors (Lipinski definition) is 0. The largest absolute Gasteiger partial charge is 0.538 e. The molecule has 0 saturated carbocycles. The molecule has 96 valence electrons. The number of nitro groups is 1. The van der Waals surface area contributed by atoms with E-state index < -0.39 is 12.7 Å². The van der Waals surface area contributed by atoms with Gasteiger partial charge in [-0.15, -0.1) is 19.0 Å². The molecular weight excluding hydrogens is 269 g/mol. The SMILES string of the molecule is COc1ccc(N2OP3(=O)ON2O3)cc1[N+](=O)[O-]. The van der Waals surface area contributed by atoms with Crippen molar-refractivity contribution in [3.8, 4) is 5.75 Å². The average molecular weight is 275 g/mol. The average Bonchev–Trinajstić information content (AvgIpc) is 2.81. The van der Waals surface area contributed by atoms with Crippen LogP contribution in [-0.4, -0.2) is 17.4 Å². The van der Waals surface area contributed by atoms with E-state index in [1.165, 1.54) is 25.3 Å². The summed E-state index contributed by atoms with van der Waals surface area (Å²) in [6.07, 6.45) is 0. The fraction of sp³-hybridized carbons (Fsp3) is 0.143. The molecule has 0 aliphatic carbocycles. The van der Waals surface area contributed by atoms with Gasteiger partial charge in [0.25, 0.3) is 0 Å². The van der Waals surface area contributed by atoms with Crippen molar-refractivity contribution < 1.29 is 28.1 Å². The van der Waals surface area contributed by atoms with Gasteiger partial charge >= 0.3 is 13.5 Å². The van der Waals surface area contributed by atoms with Crippen molar-refractivity contribution in [3.05, 3.63) is 28.3 Å². The first-order valence-corrected chi connectivity index (χ1v) is 6.10. The molecule has 3 saturated heterocycles. The van der Waals surface area contributed by atoms with Crippen LogP contribution in [0.1, 0.15) is 0 Å². The van der Waals surface area contributed by atoms with Crippen molar-refractivity contribution in [1.29, 1.82) is 0 Å². The summed E-state index contributed by atoms with van der Waals surface area (Å²) in [5, 5.41) is 12.5. The van der Waals surface area contributed by atoms with E-state index in [9.17, 15) is 14.7 Å². The van der Waals surface area contributed by atoms with Crippen molar-refractivity contribution in [2.24, 2.45) is 0 Å². The van der Waals surface area contributed by atoms with Gasteiger partial charge < -0.3 is 4.74 Å². The number of benzene rings is 1. The fourth-order valence-corrected chi connectivity index (χ4v) is 2.37. The number of rotatable bonds is 3. The summed E-state index contributed by atoms with van der Waals surface area (Å²) in [4.78, 5) is 10.2. The zero-order valence-electron chi connectivity index (χ0n) is 8.88. The second kappa shape index (κ2) is 3.64. The molecule has 1 aromatic carbocycles. The van der Waals surface area contributed by atoms with E-state index >= 15 is 0 Å². The van der Waals surface area contributed by atoms with Gasteiger partial charge in [-0.05, 0) is 12.1 Å². The topological polar surface area (TPSA) is 104 Å². The summed E-state index contributed by atoms with van der Waals surface area (Å²) < 4.78 is 30.2. The minimum absolute atomic E-state index is 0.0961. The number of phosphoric acid groups is 1. The van der Waals surface area contributed by atoms with E-state index in [4.69, 9.17) is 9.36 Å². The molecule has 3 aliphatic heterocycles. The zero-order chi connectivity index (χ0) is 12.9. The Balaban J connectivity index is 1.97. The van der Waals surface area contributed by atoms with Crippen LogP contribution >= 0.6 is 7.82 Å². The third kappa shape index (κ3) is 1.55. The molecule has 3 heterocycles. The van der Waals surface area contributed by atoms with Gasteiger partial charge in [-0.1, -0.05) is 0 Å². The Hall–Kier alpha value is -1.71. The molecule has 3 fully saturated rings. The monoisotopic (exact) mass is 275 g/mol. The van der Waals surface area contributed by atoms with Gasteiger partial charge in [-0.3, -0.25) is 10.1 Å². The third-order valence-electron chi connectivity index (χ3n) is 2.25. The van der Waals surface area contributed by atoms with E-state index in [1.54, 1.807) is 0 Å². The summed E-state index contributed by atoms with van der Waals surface area (Å²) in [7, 11) is -2.21. The highest BCUT2D eigenvalue weighted by Crippen LogP contribution is 2.67. The first-order chi connectivity index (χ1) is 8.52. The van der Waals surface area contributed by atoms with Gasteiger partial charge in [0.1, 0.15) is 0 Å². The van der Waals surface area contributed by atoms with E-state index in [0.717, 1.165) is 10.5 Å². The normalized spacial score (nSPS) is 28.9. The maximum Gasteiger partial charge on any atom is 0.538 e. The molecule has 0 spiro atoms. The Bertz CT molecular complexity index is 568. The van der Waals surface area contributed by atoms with Crippen molar-refractivity contribution in [3.63, 3.8) is 0 Å². The molecule has 0 aromatic heterocycles. The van der Waals surface area contributed by atoms with Gasteiger partial charge in [-0.2, -0.15) is 0 Å². The third-order valence-corrected chi connectivity index (χ3v) is 3.28. The van der Waals surface area contributed by atoms with Crippen LogP contribution in [0.2, 0.25) is 0 Å². The van der Waals surface area contributed by atoms with Crippen LogP contribution in [0.25, 0.3) is 0 Å². The lowest BCUT2D eigenvalue weighted by atomic mass is 10.2. The maximum atomic E-state index is 11.3. The summed E-state index contributed by atoms with van der Waals surface area (Å²) >= 11 is 0. The first-order valence-electron chi connectivity index (χ1n) is 4.64. The highest BCUT2D eigenvalue weighted by Gasteiger charge is 2.60. The number of fused-ring (bicyclic) bond motifs is 1. The van der Waals surface area contributed by atoms with Gasteiger partial charge in [0.15, 0.2) is 5.75 Å². The van der Waals surface area contributed by atoms with Crippen LogP contribution in [0, 0.1) is 10.1 Å². The van der Waals surface area contributed by atoms with E-state index in [1.807, 2.05) is 0 Å². The molecule has 0 unspecified atom stereocenters. The molecule has 18 heavy (non-hydrogen) atoms. The summed E-state index contributed by atoms with van der Waals surface area (Å²) in [6, 6.07) is 4.02. The van der Waals surface area contributed by atoms with Crippen LogP contribution in [-0.2, 0) is 18.4 Å². The minimum Gasteiger partial charge on any atom is -0.490 e. The van der Waals surface area contributed by atoms with Crippen molar-refractivity contribution in [1.82, 2.24) is 5.34 Å². The molecule has 4 rings (SSSR count). The molecule has 11 heteroatoms. The number of anilines is 1. The van der Waals surface area contributed by atoms with E-state index in [2.05, 4.69) is 9.25 Å². The Kier molecular flexibility index (Phi) is 2.30. The molecule has 0 N–H and O–H groups in total. The molecule has 0 radical (unpaired) electrons. The molecule has 10 nitrogen and oxygen atoms in total. The zero-order valence-corrected chi connectivity index (χ0v) is 9.77. The number of hydrogen-bond acceptors (Lipinski definition) is 9. The Morgan fingerprint density at radius 1 is 1.39 bits per heavy atom. The van der Waals surface area contributed by atoms with E-state index in [0.29, 0.717) is 0 Å². The number of hydrazine groups is 1. The van der Waals surface area contributed by atoms with Crippen molar-refractivity contribution >= 4 is 19.2 Å². The molecule has 0 amide bonds. The summed E-state index contributed by atoms with van der Waals surface area (Å²) in [6.45, 7) is 0. The predicted octanol–water partition coefficient (Wildman–Crippen LogP) is 1.56. The molecule has 2 bridgehead atoms. The smallest absolute Gasteiger partial charge is 0.490 e. The molecule has 3 aliphatic rings. The summed E-state index contributed by atoms with van der Waals surface area (Å²) in [5.41, 5.74) is -0.0418. The first kappa shape index (κ1) is 11.4. The lowest BCUT2D eigenvalue weighted by Gasteiger charge is -2.21. The second-order valence-corrected chi connectivity index (χ2v) is 4.70. The van der Waals surface area contributed by atoms with Crippen molar-refractivity contribution in [2.75, 3.05) is 12.3 Å². The minimum atomic E-state index is -3.53. The highest BCUT2D eigenvalue weighted by molar-refractivity contribution is 7.49. The fourth-order valence-electron chi connectivity index (χ4n) is 1.48. The highest BCUT2D eigenvalue weighted by atomic mass is 31.2. The van der Waals surface area contributed by atoms with Gasteiger partial charge in [0.05, 0.1) is 23.1 Å². The van der Waals surface area contributed by atoms with Gasteiger partial charge in [0.2, 0.25) is 0 Å². The van der Waals surface area contributed by atoms with Crippen LogP contribution in [0.3, 0.4) is 0 Å². The van der Waals surface area contributed by atoms with E-state index in [-0.39, 0.29) is 17.1 Å². The Morgan fingerprint density at radius 2 is 2.11 bits per heavy atom. The van der Waals surface area contributed by atoms with Crippen LogP contribution in [0.5, 0.6) is 5.75 Å². The molecular formula is C7H6N3O7P. The van der Waals surface area contributed by atoms with Crippen LogP contribution in [0.4, 0.5) is 11.4 Å². The van der Waals surface area contributed by atoms with Crippen LogP contribution < -0.4 is 9.91 Å². The number of ether oxygens (including phenoxy) is 1. The quantitative estimate of drug-likeness (QED) is 0.461. The molecule has 0 atom stereocenters. The number of nitrogens with zero attached hydrogens (tertiary/aromatic N) is 3. The lowest BCUT2D eigenvalue weighted by molar-refractivity contribution is -0.385. The van der Waals surface area contributed by atoms with Crippen molar-refractivity contribution in [2.45, 2.75) is 0 Å². The Labute approximate surface area is 99.8 Å². The van der Waals surface area contributed by atoms with Gasteiger partial charge in [-0.25, -0.2) is 4.57 Å². The maximum absolute atomic E-state index is 11.3. The van der Waals surface area contributed by atoms with Crippen LogP contribution in [0.15, 0.2) is 18.2 Å². The Morgan fingerprint density at radius 3 is 2.61 bits per heavy atom. The number of methoxy groups -OCH3 is 1. The van der Waals surface area contributed by atoms with Gasteiger partial charge in [0, 0.05) is 6.07 Å². The summed E-state index contributed by atoms with van der Waals surface area (Å²) in [5.74, 6) is 0.0961. The number of nitro benzene ring substituents is 1. The standard InChI is InChI=1S/C7H6N3O7P/c1-14-7-3-2-5(4-6(7)9(11)12)8-10-16-18(13,15-8)17-10/h2-4H,1H3. The predicted molar refractivity (Wildman–Crippen MR) is 54.8 cm³/mol. The lowest BCUT2D eigenvalue weighted by Crippen LogP contribution is -2.34.